The summed E-state index contributed by atoms with van der Waals surface area (Å²) in [6.45, 7) is 1.49. The topological polar surface area (TPSA) is 18.5 Å². The molecule has 124 valence electrons. The van der Waals surface area contributed by atoms with Crippen molar-refractivity contribution in [1.29, 1.82) is 0 Å². The molecule has 0 aromatic heterocycles. The minimum Gasteiger partial charge on any atom is -0.496 e. The molecule has 6 heteroatoms. The zero-order chi connectivity index (χ0) is 17.0. The summed E-state index contributed by atoms with van der Waals surface area (Å²) in [4.78, 5) is 0. The van der Waals surface area contributed by atoms with E-state index in [1.807, 2.05) is 6.92 Å². The van der Waals surface area contributed by atoms with Crippen LogP contribution in [-0.4, -0.2) is 7.11 Å². The molecule has 0 unspecified atom stereocenters. The Morgan fingerprint density at radius 2 is 1.78 bits per heavy atom. The molecule has 0 N–H and O–H groups in total. The van der Waals surface area contributed by atoms with Gasteiger partial charge in [-0.3, -0.25) is 0 Å². The summed E-state index contributed by atoms with van der Waals surface area (Å²) in [5, 5.41) is 0. The van der Waals surface area contributed by atoms with Crippen molar-refractivity contribution in [2.24, 2.45) is 0 Å². The van der Waals surface area contributed by atoms with E-state index in [4.69, 9.17) is 9.47 Å². The second-order valence-electron chi connectivity index (χ2n) is 4.88. The lowest BCUT2D eigenvalue weighted by molar-refractivity contribution is -0.138. The van der Waals surface area contributed by atoms with Crippen molar-refractivity contribution in [1.82, 2.24) is 0 Å². The molecule has 2 aromatic carbocycles. The average Bonchev–Trinajstić information content (AvgIpc) is 2.52. The Morgan fingerprint density at radius 3 is 2.39 bits per heavy atom. The van der Waals surface area contributed by atoms with Gasteiger partial charge < -0.3 is 9.47 Å². The van der Waals surface area contributed by atoms with Crippen LogP contribution in [0.25, 0.3) is 0 Å². The Labute approximate surface area is 131 Å². The molecular weight excluding hydrogens is 312 g/mol. The van der Waals surface area contributed by atoms with Gasteiger partial charge >= 0.3 is 6.18 Å². The van der Waals surface area contributed by atoms with Crippen LogP contribution in [0.5, 0.6) is 11.5 Å². The Morgan fingerprint density at radius 1 is 1.04 bits per heavy atom. The highest BCUT2D eigenvalue weighted by Crippen LogP contribution is 2.36. The van der Waals surface area contributed by atoms with Crippen LogP contribution < -0.4 is 9.47 Å². The third kappa shape index (κ3) is 3.94. The van der Waals surface area contributed by atoms with Gasteiger partial charge in [-0.25, -0.2) is 4.39 Å². The number of halogens is 4. The molecule has 0 saturated carbocycles. The van der Waals surface area contributed by atoms with Gasteiger partial charge in [0, 0.05) is 5.56 Å². The molecule has 0 atom stereocenters. The first-order valence-electron chi connectivity index (χ1n) is 7.01. The first-order valence-corrected chi connectivity index (χ1v) is 7.01. The van der Waals surface area contributed by atoms with Crippen LogP contribution in [0.1, 0.15) is 23.6 Å². The monoisotopic (exact) mass is 328 g/mol. The van der Waals surface area contributed by atoms with E-state index >= 15 is 0 Å². The van der Waals surface area contributed by atoms with Gasteiger partial charge in [0.2, 0.25) is 0 Å². The lowest BCUT2D eigenvalue weighted by atomic mass is 10.1. The number of benzene rings is 2. The van der Waals surface area contributed by atoms with Crippen LogP contribution in [0, 0.1) is 5.82 Å². The summed E-state index contributed by atoms with van der Waals surface area (Å²) in [5.41, 5.74) is -0.306. The van der Waals surface area contributed by atoms with Gasteiger partial charge in [0.15, 0.2) is 0 Å². The molecule has 0 fully saturated rings. The molecule has 23 heavy (non-hydrogen) atoms. The summed E-state index contributed by atoms with van der Waals surface area (Å²) in [5.74, 6) is 0.0374. The van der Waals surface area contributed by atoms with Gasteiger partial charge in [-0.05, 0) is 42.3 Å². The zero-order valence-electron chi connectivity index (χ0n) is 12.7. The van der Waals surface area contributed by atoms with E-state index in [2.05, 4.69) is 0 Å². The van der Waals surface area contributed by atoms with Gasteiger partial charge in [-0.1, -0.05) is 13.0 Å². The fourth-order valence-electron chi connectivity index (χ4n) is 2.29. The predicted octanol–water partition coefficient (Wildman–Crippen LogP) is 4.99. The van der Waals surface area contributed by atoms with Crippen LogP contribution in [0.2, 0.25) is 0 Å². The first kappa shape index (κ1) is 17.1. The first-order chi connectivity index (χ1) is 10.9. The molecule has 0 saturated heterocycles. The van der Waals surface area contributed by atoms with E-state index in [-0.39, 0.29) is 17.9 Å². The molecule has 2 rings (SSSR count). The number of hydrogen-bond donors (Lipinski definition) is 0. The van der Waals surface area contributed by atoms with Crippen molar-refractivity contribution in [2.75, 3.05) is 7.11 Å². The highest BCUT2D eigenvalue weighted by Gasteiger charge is 2.34. The van der Waals surface area contributed by atoms with E-state index in [0.717, 1.165) is 6.07 Å². The van der Waals surface area contributed by atoms with Crippen LogP contribution in [-0.2, 0) is 19.2 Å². The van der Waals surface area contributed by atoms with E-state index < -0.39 is 17.6 Å². The number of alkyl halides is 3. The number of aryl methyl sites for hydroxylation is 1. The highest BCUT2D eigenvalue weighted by atomic mass is 19.4. The molecule has 0 spiro atoms. The summed E-state index contributed by atoms with van der Waals surface area (Å²) in [6.07, 6.45) is -4.01. The normalized spacial score (nSPS) is 11.4. The Bertz CT molecular complexity index is 681. The van der Waals surface area contributed by atoms with Crippen molar-refractivity contribution in [3.8, 4) is 11.5 Å². The maximum Gasteiger partial charge on any atom is 0.416 e. The lowest BCUT2D eigenvalue weighted by Crippen LogP contribution is -2.12. The van der Waals surface area contributed by atoms with Gasteiger partial charge in [0.1, 0.15) is 23.9 Å². The maximum absolute atomic E-state index is 13.2. The standard InChI is InChI=1S/C17H16F4O2/c1-3-11-9-12(18)7-8-15(11)23-10-13-14(17(19,20)21)5-4-6-16(13)22-2/h4-9H,3,10H2,1-2H3. The Balaban J connectivity index is 2.34. The largest absolute Gasteiger partial charge is 0.496 e. The molecule has 0 bridgehead atoms. The molecule has 0 amide bonds. The van der Waals surface area contributed by atoms with E-state index in [0.29, 0.717) is 17.7 Å². The molecule has 0 radical (unpaired) electrons. The third-order valence-electron chi connectivity index (χ3n) is 3.43. The van der Waals surface area contributed by atoms with Crippen molar-refractivity contribution in [2.45, 2.75) is 26.1 Å². The zero-order valence-corrected chi connectivity index (χ0v) is 12.7. The van der Waals surface area contributed by atoms with Crippen LogP contribution in [0.4, 0.5) is 17.6 Å². The third-order valence-corrected chi connectivity index (χ3v) is 3.43. The highest BCUT2D eigenvalue weighted by molar-refractivity contribution is 5.42. The van der Waals surface area contributed by atoms with Crippen molar-refractivity contribution >= 4 is 0 Å². The van der Waals surface area contributed by atoms with E-state index in [9.17, 15) is 17.6 Å². The lowest BCUT2D eigenvalue weighted by Gasteiger charge is -2.17. The SMILES string of the molecule is CCc1cc(F)ccc1OCc1c(OC)cccc1C(F)(F)F. The second kappa shape index (κ2) is 6.89. The summed E-state index contributed by atoms with van der Waals surface area (Å²) < 4.78 is 63.1. The van der Waals surface area contributed by atoms with Gasteiger partial charge in [0.25, 0.3) is 0 Å². The van der Waals surface area contributed by atoms with Crippen molar-refractivity contribution in [3.05, 3.63) is 58.9 Å². The van der Waals surface area contributed by atoms with Crippen LogP contribution in [0.3, 0.4) is 0 Å². The van der Waals surface area contributed by atoms with Crippen molar-refractivity contribution < 1.29 is 27.0 Å². The van der Waals surface area contributed by atoms with Gasteiger partial charge in [0.05, 0.1) is 12.7 Å². The summed E-state index contributed by atoms with van der Waals surface area (Å²) in [6, 6.07) is 7.63. The number of ether oxygens (including phenoxy) is 2. The Kier molecular flexibility index (Phi) is 5.13. The maximum atomic E-state index is 13.2. The minimum absolute atomic E-state index is 0.0890. The van der Waals surface area contributed by atoms with Gasteiger partial charge in [-0.15, -0.1) is 0 Å². The summed E-state index contributed by atoms with van der Waals surface area (Å²) >= 11 is 0. The smallest absolute Gasteiger partial charge is 0.416 e. The minimum atomic E-state index is -4.51. The van der Waals surface area contributed by atoms with Gasteiger partial charge in [-0.2, -0.15) is 13.2 Å². The number of hydrogen-bond acceptors (Lipinski definition) is 2. The number of rotatable bonds is 5. The molecular formula is C17H16F4O2. The predicted molar refractivity (Wildman–Crippen MR) is 78.1 cm³/mol. The van der Waals surface area contributed by atoms with Crippen LogP contribution in [0.15, 0.2) is 36.4 Å². The summed E-state index contributed by atoms with van der Waals surface area (Å²) in [7, 11) is 1.30. The van der Waals surface area contributed by atoms with Crippen molar-refractivity contribution in [3.63, 3.8) is 0 Å². The van der Waals surface area contributed by atoms with Crippen LogP contribution >= 0.6 is 0 Å². The fraction of sp³-hybridized carbons (Fsp3) is 0.294. The molecule has 2 nitrogen and oxygen atoms in total. The second-order valence-corrected chi connectivity index (χ2v) is 4.88. The molecule has 0 aliphatic carbocycles. The van der Waals surface area contributed by atoms with E-state index in [1.165, 1.54) is 37.4 Å². The number of methoxy groups -OCH3 is 1. The molecule has 0 heterocycles. The average molecular weight is 328 g/mol. The quantitative estimate of drug-likeness (QED) is 0.720. The molecule has 0 aliphatic rings. The fourth-order valence-corrected chi connectivity index (χ4v) is 2.29. The molecule has 2 aromatic rings. The molecule has 0 aliphatic heterocycles. The Hall–Kier alpha value is -2.24. The van der Waals surface area contributed by atoms with E-state index in [1.54, 1.807) is 0 Å².